The maximum absolute atomic E-state index is 14.1. The number of aliphatic carboxylic acids is 3. The number of amides is 5. The summed E-state index contributed by atoms with van der Waals surface area (Å²) in [5, 5.41) is 37.5. The number of benzene rings is 1. The van der Waals surface area contributed by atoms with Gasteiger partial charge in [-0.3, -0.25) is 33.6 Å². The number of nitrogens with one attached hydrogen (secondary N) is 4. The third-order valence-corrected chi connectivity index (χ3v) is 8.43. The quantitative estimate of drug-likeness (QED) is 0.0742. The molecule has 0 spiro atoms. The molecule has 0 aliphatic carbocycles. The van der Waals surface area contributed by atoms with Crippen molar-refractivity contribution < 1.29 is 53.7 Å². The average molecular weight is 734 g/mol. The van der Waals surface area contributed by atoms with Crippen molar-refractivity contribution in [1.82, 2.24) is 26.2 Å². The van der Waals surface area contributed by atoms with Gasteiger partial charge in [-0.15, -0.1) is 0 Å². The molecule has 0 bridgehead atoms. The minimum absolute atomic E-state index is 0.0710. The van der Waals surface area contributed by atoms with Gasteiger partial charge in [-0.1, -0.05) is 39.8 Å². The third kappa shape index (κ3) is 13.5. The molecule has 18 nitrogen and oxygen atoms in total. The highest BCUT2D eigenvalue weighted by molar-refractivity contribution is 5.97. The Morgan fingerprint density at radius 1 is 0.846 bits per heavy atom. The number of carbonyl (C=O) groups is 8. The Morgan fingerprint density at radius 3 is 2.06 bits per heavy atom. The highest BCUT2D eigenvalue weighted by atomic mass is 16.4. The maximum atomic E-state index is 14.1. The molecule has 52 heavy (non-hydrogen) atoms. The van der Waals surface area contributed by atoms with Gasteiger partial charge in [0.25, 0.3) is 0 Å². The second kappa shape index (κ2) is 20.0. The van der Waals surface area contributed by atoms with E-state index in [4.69, 9.17) is 21.7 Å². The Hall–Kier alpha value is -5.26. The van der Waals surface area contributed by atoms with Gasteiger partial charge in [-0.25, -0.2) is 4.79 Å². The SMILES string of the molecule is CC(C)C[C@H](NC(=O)[C@@H](NC(=O)[C@@H](N)CCC(=O)O)C(C)C)C(=O)N[C@@H](Cc1cccc(N)c1)C(=O)N1CCC[C@@H]1C(=O)N[C@@H](CC(=O)O)C(=O)O. The first-order valence-corrected chi connectivity index (χ1v) is 17.1. The van der Waals surface area contributed by atoms with Crippen molar-refractivity contribution in [3.8, 4) is 0 Å². The van der Waals surface area contributed by atoms with Crippen LogP contribution in [0.4, 0.5) is 5.69 Å². The molecule has 0 aromatic heterocycles. The molecule has 18 heteroatoms. The van der Waals surface area contributed by atoms with Crippen LogP contribution in [0.3, 0.4) is 0 Å². The van der Waals surface area contributed by atoms with E-state index in [9.17, 15) is 43.5 Å². The summed E-state index contributed by atoms with van der Waals surface area (Å²) in [4.78, 5) is 102. The van der Waals surface area contributed by atoms with E-state index in [0.717, 1.165) is 0 Å². The minimum Gasteiger partial charge on any atom is -0.481 e. The van der Waals surface area contributed by atoms with E-state index < -0.39 is 96.0 Å². The molecule has 0 unspecified atom stereocenters. The Morgan fingerprint density at radius 2 is 1.50 bits per heavy atom. The minimum atomic E-state index is -1.73. The lowest BCUT2D eigenvalue weighted by Gasteiger charge is -2.31. The number of nitrogen functional groups attached to an aromatic ring is 1. The lowest BCUT2D eigenvalue weighted by atomic mass is 9.98. The molecule has 2 rings (SSSR count). The maximum Gasteiger partial charge on any atom is 0.326 e. The summed E-state index contributed by atoms with van der Waals surface area (Å²) in [6, 6.07) is -1.10. The zero-order chi connectivity index (χ0) is 39.3. The van der Waals surface area contributed by atoms with E-state index in [0.29, 0.717) is 17.7 Å². The van der Waals surface area contributed by atoms with Crippen molar-refractivity contribution in [2.24, 2.45) is 17.6 Å². The topological polar surface area (TPSA) is 301 Å². The van der Waals surface area contributed by atoms with Crippen molar-refractivity contribution in [3.05, 3.63) is 29.8 Å². The Bertz CT molecular complexity index is 1480. The van der Waals surface area contributed by atoms with Crippen LogP contribution in [0.25, 0.3) is 0 Å². The predicted octanol–water partition coefficient (Wildman–Crippen LogP) is -0.805. The molecule has 6 atom stereocenters. The summed E-state index contributed by atoms with van der Waals surface area (Å²) < 4.78 is 0. The fourth-order valence-electron chi connectivity index (χ4n) is 5.74. The van der Waals surface area contributed by atoms with Crippen molar-refractivity contribution in [2.75, 3.05) is 12.3 Å². The van der Waals surface area contributed by atoms with Crippen LogP contribution in [0, 0.1) is 11.8 Å². The van der Waals surface area contributed by atoms with Gasteiger partial charge in [0.1, 0.15) is 30.2 Å². The number of nitrogens with zero attached hydrogens (tertiary/aromatic N) is 1. The van der Waals surface area contributed by atoms with E-state index in [1.54, 1.807) is 38.1 Å². The van der Waals surface area contributed by atoms with Crippen molar-refractivity contribution >= 4 is 53.1 Å². The molecule has 1 heterocycles. The number of nitrogens with two attached hydrogens (primary N) is 2. The summed E-state index contributed by atoms with van der Waals surface area (Å²) in [7, 11) is 0. The van der Waals surface area contributed by atoms with E-state index in [1.165, 1.54) is 4.90 Å². The number of carboxylic acids is 3. The van der Waals surface area contributed by atoms with Crippen LogP contribution in [-0.4, -0.2) is 110 Å². The van der Waals surface area contributed by atoms with Crippen molar-refractivity contribution in [2.45, 2.75) is 109 Å². The van der Waals surface area contributed by atoms with Gasteiger partial charge >= 0.3 is 17.9 Å². The van der Waals surface area contributed by atoms with Gasteiger partial charge in [0, 0.05) is 25.1 Å². The first-order valence-electron chi connectivity index (χ1n) is 17.1. The summed E-state index contributed by atoms with van der Waals surface area (Å²) >= 11 is 0. The smallest absolute Gasteiger partial charge is 0.326 e. The zero-order valence-electron chi connectivity index (χ0n) is 29.8. The summed E-state index contributed by atoms with van der Waals surface area (Å²) in [5.74, 6) is -8.45. The lowest BCUT2D eigenvalue weighted by Crippen LogP contribution is -2.60. The van der Waals surface area contributed by atoms with E-state index in [-0.39, 0.29) is 44.6 Å². The van der Waals surface area contributed by atoms with Gasteiger partial charge in [-0.2, -0.15) is 0 Å². The summed E-state index contributed by atoms with van der Waals surface area (Å²) in [6.45, 7) is 7.04. The van der Waals surface area contributed by atoms with Crippen molar-refractivity contribution in [3.63, 3.8) is 0 Å². The van der Waals surface area contributed by atoms with Crippen LogP contribution in [0.15, 0.2) is 24.3 Å². The van der Waals surface area contributed by atoms with Gasteiger partial charge < -0.3 is 53.0 Å². The second-order valence-electron chi connectivity index (χ2n) is 13.7. The molecule has 11 N–H and O–H groups in total. The van der Waals surface area contributed by atoms with Crippen LogP contribution in [0.5, 0.6) is 0 Å². The molecular weight excluding hydrogens is 682 g/mol. The lowest BCUT2D eigenvalue weighted by molar-refractivity contribution is -0.148. The monoisotopic (exact) mass is 733 g/mol. The van der Waals surface area contributed by atoms with Gasteiger partial charge in [0.05, 0.1) is 12.5 Å². The van der Waals surface area contributed by atoms with Crippen LogP contribution in [0.1, 0.15) is 71.8 Å². The molecule has 1 aromatic carbocycles. The molecule has 1 aromatic rings. The van der Waals surface area contributed by atoms with Gasteiger partial charge in [0.15, 0.2) is 0 Å². The van der Waals surface area contributed by atoms with Crippen LogP contribution in [-0.2, 0) is 44.8 Å². The van der Waals surface area contributed by atoms with Crippen LogP contribution < -0.4 is 32.7 Å². The Balaban J connectivity index is 2.36. The number of anilines is 1. The molecule has 288 valence electrons. The Labute approximate surface area is 301 Å². The van der Waals surface area contributed by atoms with Gasteiger partial charge in [0.2, 0.25) is 29.5 Å². The molecule has 1 saturated heterocycles. The largest absolute Gasteiger partial charge is 0.481 e. The third-order valence-electron chi connectivity index (χ3n) is 8.43. The average Bonchev–Trinajstić information content (AvgIpc) is 3.54. The number of hydrogen-bond acceptors (Lipinski definition) is 10. The molecule has 0 saturated carbocycles. The highest BCUT2D eigenvalue weighted by Gasteiger charge is 2.40. The first-order chi connectivity index (χ1) is 24.3. The predicted molar refractivity (Wildman–Crippen MR) is 186 cm³/mol. The first kappa shape index (κ1) is 42.9. The van der Waals surface area contributed by atoms with Crippen molar-refractivity contribution in [1.29, 1.82) is 0 Å². The molecular formula is C34H51N7O11. The highest BCUT2D eigenvalue weighted by Crippen LogP contribution is 2.21. The number of rotatable bonds is 20. The molecule has 0 radical (unpaired) electrons. The number of hydrogen-bond donors (Lipinski definition) is 9. The second-order valence-corrected chi connectivity index (χ2v) is 13.7. The molecule has 1 fully saturated rings. The number of carbonyl (C=O) groups excluding carboxylic acids is 5. The summed E-state index contributed by atoms with van der Waals surface area (Å²) in [6.07, 6.45) is -0.803. The summed E-state index contributed by atoms with van der Waals surface area (Å²) in [5.41, 5.74) is 12.7. The molecule has 1 aliphatic heterocycles. The number of carboxylic acid groups (broad SMARTS) is 3. The van der Waals surface area contributed by atoms with Crippen LogP contribution >= 0.6 is 0 Å². The van der Waals surface area contributed by atoms with E-state index >= 15 is 0 Å². The van der Waals surface area contributed by atoms with Gasteiger partial charge in [-0.05, 0) is 55.2 Å². The fourth-order valence-corrected chi connectivity index (χ4v) is 5.74. The zero-order valence-corrected chi connectivity index (χ0v) is 29.8. The standard InChI is InChI=1S/C34H51N7O11/c1-17(2)13-22(37-32(49)28(18(3)4)40-29(46)21(36)10-11-26(42)43)30(47)38-23(15-19-7-5-8-20(35)14-19)33(50)41-12-6-9-25(41)31(48)39-24(34(51)52)16-27(44)45/h5,7-8,14,17-18,21-25,28H,6,9-13,15-16,35-36H2,1-4H3,(H,37,49)(H,38,47)(H,39,48)(H,40,46)(H,42,43)(H,44,45)(H,51,52)/t21-,22-,23-,24-,25+,28-/m0/s1. The van der Waals surface area contributed by atoms with E-state index in [1.807, 2.05) is 13.8 Å². The Kier molecular flexibility index (Phi) is 16.5. The molecule has 5 amide bonds. The molecule has 1 aliphatic rings. The van der Waals surface area contributed by atoms with Crippen LogP contribution in [0.2, 0.25) is 0 Å². The van der Waals surface area contributed by atoms with E-state index in [2.05, 4.69) is 21.3 Å². The fraction of sp³-hybridized carbons (Fsp3) is 0.588. The number of likely N-dealkylation sites (tertiary alicyclic amines) is 1. The normalized spacial score (nSPS) is 17.0.